The van der Waals surface area contributed by atoms with Gasteiger partial charge in [0.05, 0.1) is 13.2 Å². The molecule has 0 aliphatic heterocycles. The maximum absolute atomic E-state index is 13.5. The van der Waals surface area contributed by atoms with Crippen molar-refractivity contribution in [3.05, 3.63) is 59.7 Å². The summed E-state index contributed by atoms with van der Waals surface area (Å²) in [6.45, 7) is 0.951. The van der Waals surface area contributed by atoms with Crippen LogP contribution in [-0.4, -0.2) is 79.2 Å². The lowest BCUT2D eigenvalue weighted by Crippen LogP contribution is -2.54. The molecule has 2 rings (SSSR count). The zero-order chi connectivity index (χ0) is 30.8. The first-order valence-electron chi connectivity index (χ1n) is 12.2. The van der Waals surface area contributed by atoms with Crippen LogP contribution in [0.3, 0.4) is 0 Å². The standard InChI is InChI=1S/C26H29F7N2O6/c1-3-39-21(22(36)37)16-18-7-9-20(10-8-18)40-13-11-35(23(38)34-19-6-4-5-17(2)15-19)12-14-41-26(32,33)24(27,28)25(29,30)31/h4-10,15,21H,3,11-14,16H2,1-2H3,(H,34,38)(H,36,37). The van der Waals surface area contributed by atoms with Gasteiger partial charge in [-0.3, -0.25) is 0 Å². The number of rotatable bonds is 15. The maximum Gasteiger partial charge on any atom is 0.462 e. The molecule has 0 saturated carbocycles. The second kappa shape index (κ2) is 14.3. The molecule has 2 aromatic rings. The Hall–Kier alpha value is -3.59. The van der Waals surface area contributed by atoms with E-state index in [1.807, 2.05) is 0 Å². The molecule has 0 saturated heterocycles. The molecule has 0 spiro atoms. The third kappa shape index (κ3) is 9.78. The summed E-state index contributed by atoms with van der Waals surface area (Å²) in [5.74, 6) is -7.28. The van der Waals surface area contributed by atoms with E-state index in [2.05, 4.69) is 10.1 Å². The molecule has 0 aliphatic rings. The number of nitrogens with zero attached hydrogens (tertiary/aromatic N) is 1. The summed E-state index contributed by atoms with van der Waals surface area (Å²) < 4.78 is 105. The van der Waals surface area contributed by atoms with Crippen LogP contribution in [0.1, 0.15) is 18.1 Å². The van der Waals surface area contributed by atoms with Gasteiger partial charge in [-0.05, 0) is 49.2 Å². The van der Waals surface area contributed by atoms with Crippen molar-refractivity contribution in [2.24, 2.45) is 0 Å². The summed E-state index contributed by atoms with van der Waals surface area (Å²) >= 11 is 0. The van der Waals surface area contributed by atoms with Gasteiger partial charge in [0.1, 0.15) is 12.4 Å². The van der Waals surface area contributed by atoms with Crippen LogP contribution >= 0.6 is 0 Å². The molecular formula is C26H29F7N2O6. The smallest absolute Gasteiger partial charge is 0.462 e. The van der Waals surface area contributed by atoms with Gasteiger partial charge in [0, 0.05) is 25.3 Å². The Morgan fingerprint density at radius 2 is 1.61 bits per heavy atom. The van der Waals surface area contributed by atoms with E-state index >= 15 is 0 Å². The number of ether oxygens (including phenoxy) is 3. The number of anilines is 1. The van der Waals surface area contributed by atoms with Crippen molar-refractivity contribution in [3.8, 4) is 5.75 Å². The predicted octanol–water partition coefficient (Wildman–Crippen LogP) is 5.75. The number of carboxylic acid groups (broad SMARTS) is 1. The highest BCUT2D eigenvalue weighted by atomic mass is 19.4. The molecule has 0 aromatic heterocycles. The second-order valence-electron chi connectivity index (χ2n) is 8.70. The molecule has 2 N–H and O–H groups in total. The van der Waals surface area contributed by atoms with Crippen LogP contribution < -0.4 is 10.1 Å². The molecule has 0 aliphatic carbocycles. The highest BCUT2D eigenvalue weighted by molar-refractivity contribution is 5.89. The molecule has 2 amide bonds. The number of benzene rings is 2. The Morgan fingerprint density at radius 1 is 0.976 bits per heavy atom. The van der Waals surface area contributed by atoms with Gasteiger partial charge in [-0.15, -0.1) is 0 Å². The first kappa shape index (κ1) is 33.6. The van der Waals surface area contributed by atoms with Gasteiger partial charge in [-0.2, -0.15) is 30.7 Å². The summed E-state index contributed by atoms with van der Waals surface area (Å²) in [5.41, 5.74) is 1.72. The fourth-order valence-corrected chi connectivity index (χ4v) is 3.41. The SMILES string of the molecule is CCOC(Cc1ccc(OCCN(CCOC(F)(F)C(F)(F)C(F)(F)F)C(=O)Nc2cccc(C)c2)cc1)C(=O)O. The van der Waals surface area contributed by atoms with E-state index in [9.17, 15) is 45.4 Å². The van der Waals surface area contributed by atoms with E-state index < -0.39 is 49.5 Å². The number of carbonyl (C=O) groups is 2. The van der Waals surface area contributed by atoms with E-state index in [1.54, 1.807) is 44.2 Å². The van der Waals surface area contributed by atoms with E-state index in [-0.39, 0.29) is 26.2 Å². The third-order valence-electron chi connectivity index (χ3n) is 5.54. The fraction of sp³-hybridized carbons (Fsp3) is 0.462. The van der Waals surface area contributed by atoms with Crippen LogP contribution in [0.2, 0.25) is 0 Å². The normalized spacial score (nSPS) is 13.0. The number of amides is 2. The molecule has 0 fully saturated rings. The Balaban J connectivity index is 2.04. The predicted molar refractivity (Wildman–Crippen MR) is 132 cm³/mol. The lowest BCUT2D eigenvalue weighted by Gasteiger charge is -2.29. The number of urea groups is 1. The number of carboxylic acids is 1. The number of aryl methyl sites for hydroxylation is 1. The highest BCUT2D eigenvalue weighted by Gasteiger charge is 2.74. The Labute approximate surface area is 231 Å². The quantitative estimate of drug-likeness (QED) is 0.254. The number of nitrogens with one attached hydrogen (secondary N) is 1. The number of alkyl halides is 7. The summed E-state index contributed by atoms with van der Waals surface area (Å²) in [6.07, 6.45) is -13.4. The van der Waals surface area contributed by atoms with Gasteiger partial charge in [-0.1, -0.05) is 24.3 Å². The van der Waals surface area contributed by atoms with Gasteiger partial charge >= 0.3 is 30.2 Å². The summed E-state index contributed by atoms with van der Waals surface area (Å²) in [6, 6.07) is 11.8. The van der Waals surface area contributed by atoms with Crippen molar-refractivity contribution in [2.45, 2.75) is 44.6 Å². The highest BCUT2D eigenvalue weighted by Crippen LogP contribution is 2.46. The monoisotopic (exact) mass is 598 g/mol. The largest absolute Gasteiger partial charge is 0.492 e. The van der Waals surface area contributed by atoms with Crippen molar-refractivity contribution in [2.75, 3.05) is 38.2 Å². The van der Waals surface area contributed by atoms with Gasteiger partial charge in [0.2, 0.25) is 0 Å². The van der Waals surface area contributed by atoms with Gasteiger partial charge in [-0.25, -0.2) is 9.59 Å². The van der Waals surface area contributed by atoms with E-state index in [0.29, 0.717) is 17.0 Å². The summed E-state index contributed by atoms with van der Waals surface area (Å²) in [7, 11) is 0. The average Bonchev–Trinajstić information content (AvgIpc) is 2.87. The number of hydrogen-bond donors (Lipinski definition) is 2. The third-order valence-corrected chi connectivity index (χ3v) is 5.54. The Kier molecular flexibility index (Phi) is 11.8. The fourth-order valence-electron chi connectivity index (χ4n) is 3.41. The molecule has 0 heterocycles. The lowest BCUT2D eigenvalue weighted by atomic mass is 10.1. The van der Waals surface area contributed by atoms with E-state index in [0.717, 1.165) is 10.5 Å². The topological polar surface area (TPSA) is 97.3 Å². The minimum absolute atomic E-state index is 0.0916. The van der Waals surface area contributed by atoms with Crippen LogP contribution in [0, 0.1) is 6.92 Å². The molecule has 15 heteroatoms. The van der Waals surface area contributed by atoms with Crippen molar-refractivity contribution in [3.63, 3.8) is 0 Å². The Morgan fingerprint density at radius 3 is 2.17 bits per heavy atom. The van der Waals surface area contributed by atoms with Crippen molar-refractivity contribution < 1.29 is 59.6 Å². The first-order valence-corrected chi connectivity index (χ1v) is 12.2. The van der Waals surface area contributed by atoms with Crippen LogP contribution in [0.25, 0.3) is 0 Å². The minimum Gasteiger partial charge on any atom is -0.492 e. The summed E-state index contributed by atoms with van der Waals surface area (Å²) in [5, 5.41) is 11.7. The summed E-state index contributed by atoms with van der Waals surface area (Å²) in [4.78, 5) is 24.9. The number of hydrogen-bond acceptors (Lipinski definition) is 5. The van der Waals surface area contributed by atoms with Crippen LogP contribution in [-0.2, 0) is 20.7 Å². The molecule has 41 heavy (non-hydrogen) atoms. The molecule has 1 atom stereocenters. The Bertz CT molecular complexity index is 1150. The average molecular weight is 599 g/mol. The number of halogens is 7. The van der Waals surface area contributed by atoms with Gasteiger partial charge in [0.15, 0.2) is 6.10 Å². The number of aliphatic carboxylic acids is 1. The zero-order valence-electron chi connectivity index (χ0n) is 22.0. The van der Waals surface area contributed by atoms with Gasteiger partial charge in [0.25, 0.3) is 0 Å². The number of carbonyl (C=O) groups excluding carboxylic acids is 1. The van der Waals surface area contributed by atoms with E-state index in [1.165, 1.54) is 18.2 Å². The molecule has 0 radical (unpaired) electrons. The molecule has 2 aromatic carbocycles. The first-order chi connectivity index (χ1) is 19.1. The van der Waals surface area contributed by atoms with E-state index in [4.69, 9.17) is 9.47 Å². The zero-order valence-corrected chi connectivity index (χ0v) is 22.0. The molecule has 228 valence electrons. The molecular weight excluding hydrogens is 569 g/mol. The van der Waals surface area contributed by atoms with Crippen molar-refractivity contribution in [1.82, 2.24) is 4.90 Å². The van der Waals surface area contributed by atoms with Crippen LogP contribution in [0.15, 0.2) is 48.5 Å². The molecule has 1 unspecified atom stereocenters. The molecule has 8 nitrogen and oxygen atoms in total. The maximum atomic E-state index is 13.5. The lowest BCUT2D eigenvalue weighted by molar-refractivity contribution is -0.423. The minimum atomic E-state index is -6.56. The van der Waals surface area contributed by atoms with Crippen molar-refractivity contribution >= 4 is 17.7 Å². The van der Waals surface area contributed by atoms with Crippen LogP contribution in [0.5, 0.6) is 5.75 Å². The van der Waals surface area contributed by atoms with Crippen molar-refractivity contribution in [1.29, 1.82) is 0 Å². The molecule has 0 bridgehead atoms. The van der Waals surface area contributed by atoms with Crippen LogP contribution in [0.4, 0.5) is 41.2 Å². The van der Waals surface area contributed by atoms with Gasteiger partial charge < -0.3 is 29.5 Å². The second-order valence-corrected chi connectivity index (χ2v) is 8.70.